The normalized spacial score (nSPS) is 20.7. The molecule has 1 fully saturated rings. The number of anilines is 1. The Kier molecular flexibility index (Phi) is 8.80. The molecule has 3 aromatic rings. The number of nitrogens with zero attached hydrogens (tertiary/aromatic N) is 3. The predicted octanol–water partition coefficient (Wildman–Crippen LogP) is 4.17. The molecule has 4 heterocycles. The van der Waals surface area contributed by atoms with Crippen molar-refractivity contribution in [2.24, 2.45) is 0 Å². The molecule has 240 valence electrons. The second kappa shape index (κ2) is 12.8. The van der Waals surface area contributed by atoms with Crippen LogP contribution in [-0.2, 0) is 9.59 Å². The van der Waals surface area contributed by atoms with Crippen LogP contribution in [0.4, 0.5) is 10.5 Å². The van der Waals surface area contributed by atoms with Crippen LogP contribution in [0.5, 0.6) is 11.6 Å². The van der Waals surface area contributed by atoms with Crippen molar-refractivity contribution < 1.29 is 29.0 Å². The fraction of sp³-hybridized carbons (Fsp3) is 0.312. The molecule has 2 aromatic carbocycles. The minimum atomic E-state index is -1.42. The van der Waals surface area contributed by atoms with E-state index in [4.69, 9.17) is 37.7 Å². The highest BCUT2D eigenvalue weighted by Crippen LogP contribution is 2.45. The lowest BCUT2D eigenvalue weighted by Gasteiger charge is -2.33. The number of pyridine rings is 1. The highest BCUT2D eigenvalue weighted by Gasteiger charge is 2.34. The monoisotopic (exact) mass is 666 g/mol. The van der Waals surface area contributed by atoms with Gasteiger partial charge in [-0.1, -0.05) is 53.5 Å². The molecule has 3 aliphatic rings. The van der Waals surface area contributed by atoms with Crippen LogP contribution in [0.15, 0.2) is 54.2 Å². The van der Waals surface area contributed by atoms with Crippen LogP contribution in [-0.4, -0.2) is 84.4 Å². The summed E-state index contributed by atoms with van der Waals surface area (Å²) in [5.41, 5.74) is 3.38. The first-order valence-electron chi connectivity index (χ1n) is 14.6. The molecule has 4 amide bonds. The van der Waals surface area contributed by atoms with Crippen molar-refractivity contribution >= 4 is 46.7 Å². The summed E-state index contributed by atoms with van der Waals surface area (Å²) in [6.07, 6.45) is 1.19. The zero-order chi connectivity index (χ0) is 32.7. The Bertz CT molecular complexity index is 1770. The number of likely N-dealkylation sites (N-methyl/N-ethyl adjacent to an activating group) is 1. The van der Waals surface area contributed by atoms with E-state index in [1.165, 1.54) is 25.2 Å². The number of fused-ring (bicyclic) bond motifs is 1. The van der Waals surface area contributed by atoms with E-state index in [2.05, 4.69) is 16.0 Å². The van der Waals surface area contributed by atoms with Crippen molar-refractivity contribution in [2.75, 3.05) is 39.7 Å². The Morgan fingerprint density at radius 2 is 1.85 bits per heavy atom. The van der Waals surface area contributed by atoms with E-state index in [0.29, 0.717) is 64.3 Å². The van der Waals surface area contributed by atoms with Gasteiger partial charge in [0.15, 0.2) is 6.23 Å². The maximum Gasteiger partial charge on any atom is 0.325 e. The lowest BCUT2D eigenvalue weighted by molar-refractivity contribution is -0.119. The summed E-state index contributed by atoms with van der Waals surface area (Å²) < 4.78 is 11.7. The maximum absolute atomic E-state index is 13.1. The number of carbonyl (C=O) groups is 3. The second-order valence-electron chi connectivity index (χ2n) is 11.3. The third-order valence-electron chi connectivity index (χ3n) is 8.28. The molecule has 0 spiro atoms. The number of nitrogens with one attached hydrogen (secondary N) is 3. The first-order valence-corrected chi connectivity index (χ1v) is 15.4. The number of urea groups is 1. The number of aliphatic hydroxyl groups excluding tert-OH is 1. The zero-order valence-electron chi connectivity index (χ0n) is 25.3. The predicted molar refractivity (Wildman–Crippen MR) is 173 cm³/mol. The third kappa shape index (κ3) is 5.84. The molecule has 3 unspecified atom stereocenters. The number of hydrogen-bond acceptors (Lipinski definition) is 8. The van der Waals surface area contributed by atoms with Gasteiger partial charge in [-0.05, 0) is 12.5 Å². The van der Waals surface area contributed by atoms with Gasteiger partial charge in [0, 0.05) is 62.1 Å². The number of ether oxygens (including phenoxy) is 2. The van der Waals surface area contributed by atoms with Crippen LogP contribution in [0.25, 0.3) is 22.4 Å². The van der Waals surface area contributed by atoms with Crippen LogP contribution in [0.1, 0.15) is 24.4 Å². The number of aromatic nitrogens is 1. The molecule has 0 saturated carbocycles. The Morgan fingerprint density at radius 1 is 1.13 bits per heavy atom. The lowest BCUT2D eigenvalue weighted by Crippen LogP contribution is -2.49. The maximum atomic E-state index is 13.1. The molecule has 6 rings (SSSR count). The Morgan fingerprint density at radius 3 is 2.57 bits per heavy atom. The van der Waals surface area contributed by atoms with Crippen LogP contribution in [0.3, 0.4) is 0 Å². The molecule has 4 N–H and O–H groups in total. The Labute approximate surface area is 275 Å². The van der Waals surface area contributed by atoms with Crippen molar-refractivity contribution in [2.45, 2.75) is 31.2 Å². The molecule has 3 atom stereocenters. The summed E-state index contributed by atoms with van der Waals surface area (Å²) >= 11 is 13.8. The van der Waals surface area contributed by atoms with Gasteiger partial charge in [0.25, 0.3) is 5.91 Å². The SMILES string of the molecule is COc1nc(-c2cccc(-c3cccc(NC(=O)C4=CN(C)C(=O)N(C)C4O)c3Cl)c2Cl)cc2c1C(NCC1CCC(=O)N1)CO2. The van der Waals surface area contributed by atoms with Gasteiger partial charge in [-0.2, -0.15) is 0 Å². The molecular formula is C32H32Cl2N6O6. The lowest BCUT2D eigenvalue weighted by atomic mass is 9.99. The summed E-state index contributed by atoms with van der Waals surface area (Å²) in [4.78, 5) is 43.9. The van der Waals surface area contributed by atoms with Crippen LogP contribution >= 0.6 is 23.2 Å². The van der Waals surface area contributed by atoms with Crippen molar-refractivity contribution in [3.05, 3.63) is 69.8 Å². The van der Waals surface area contributed by atoms with E-state index in [1.54, 1.807) is 25.3 Å². The number of methoxy groups -OCH3 is 1. The van der Waals surface area contributed by atoms with E-state index >= 15 is 0 Å². The molecule has 46 heavy (non-hydrogen) atoms. The van der Waals surface area contributed by atoms with Crippen LogP contribution in [0.2, 0.25) is 10.0 Å². The van der Waals surface area contributed by atoms with Crippen molar-refractivity contribution in [3.8, 4) is 34.0 Å². The highest BCUT2D eigenvalue weighted by molar-refractivity contribution is 6.39. The minimum absolute atomic E-state index is 0.0207. The van der Waals surface area contributed by atoms with Crippen molar-refractivity contribution in [1.29, 1.82) is 0 Å². The number of amides is 4. The molecule has 3 aliphatic heterocycles. The largest absolute Gasteiger partial charge is 0.491 e. The topological polar surface area (TPSA) is 145 Å². The molecular weight excluding hydrogens is 635 g/mol. The van der Waals surface area contributed by atoms with Crippen LogP contribution < -0.4 is 25.4 Å². The molecule has 0 bridgehead atoms. The molecule has 1 aromatic heterocycles. The summed E-state index contributed by atoms with van der Waals surface area (Å²) in [5, 5.41) is 20.3. The van der Waals surface area contributed by atoms with Gasteiger partial charge >= 0.3 is 6.03 Å². The van der Waals surface area contributed by atoms with Gasteiger partial charge in [0.2, 0.25) is 11.8 Å². The van der Waals surface area contributed by atoms with Gasteiger partial charge in [-0.3, -0.25) is 14.5 Å². The number of hydrogen-bond donors (Lipinski definition) is 4. The van der Waals surface area contributed by atoms with Crippen molar-refractivity contribution in [3.63, 3.8) is 0 Å². The summed E-state index contributed by atoms with van der Waals surface area (Å²) in [6, 6.07) is 11.9. The molecule has 0 aliphatic carbocycles. The average molecular weight is 668 g/mol. The van der Waals surface area contributed by atoms with E-state index in [9.17, 15) is 19.5 Å². The standard InChI is InChI=1S/C32H32Cl2N6O6/c1-39-14-20(31(43)40(2)32(39)44)29(42)37-21-9-5-7-18(28(21)34)17-6-4-8-19(27(17)33)22-12-24-26(30(38-22)45-3)23(15-46-24)35-13-16-10-11-25(41)36-16/h4-9,12,14,16,23,31,35,43H,10-11,13,15H2,1-3H3,(H,36,41)(H,37,42). The summed E-state index contributed by atoms with van der Waals surface area (Å²) in [6.45, 7) is 0.987. The average Bonchev–Trinajstić information content (AvgIpc) is 3.66. The number of benzene rings is 2. The molecule has 14 heteroatoms. The molecule has 1 saturated heterocycles. The second-order valence-corrected chi connectivity index (χ2v) is 12.0. The minimum Gasteiger partial charge on any atom is -0.491 e. The van der Waals surface area contributed by atoms with Gasteiger partial charge in [0.1, 0.15) is 12.4 Å². The Balaban J connectivity index is 1.27. The van der Waals surface area contributed by atoms with Gasteiger partial charge in [0.05, 0.1) is 45.7 Å². The fourth-order valence-corrected chi connectivity index (χ4v) is 6.41. The quantitative estimate of drug-likeness (QED) is 0.280. The zero-order valence-corrected chi connectivity index (χ0v) is 26.8. The van der Waals surface area contributed by atoms with Crippen molar-refractivity contribution in [1.82, 2.24) is 25.4 Å². The first kappa shape index (κ1) is 31.6. The van der Waals surface area contributed by atoms with Gasteiger partial charge in [-0.15, -0.1) is 0 Å². The molecule has 12 nitrogen and oxygen atoms in total. The van der Waals surface area contributed by atoms with Gasteiger partial charge in [-0.25, -0.2) is 9.78 Å². The van der Waals surface area contributed by atoms with Gasteiger partial charge < -0.3 is 35.4 Å². The fourth-order valence-electron chi connectivity index (χ4n) is 5.81. The number of rotatable bonds is 8. The van der Waals surface area contributed by atoms with E-state index in [1.807, 2.05) is 24.3 Å². The first-order chi connectivity index (χ1) is 22.1. The molecule has 0 radical (unpaired) electrons. The van der Waals surface area contributed by atoms with Crippen LogP contribution in [0, 0.1) is 0 Å². The highest BCUT2D eigenvalue weighted by atomic mass is 35.5. The summed E-state index contributed by atoms with van der Waals surface area (Å²) in [7, 11) is 4.44. The smallest absolute Gasteiger partial charge is 0.325 e. The third-order valence-corrected chi connectivity index (χ3v) is 9.10. The number of carbonyl (C=O) groups excluding carboxylic acids is 3. The van der Waals surface area contributed by atoms with E-state index < -0.39 is 18.2 Å². The Hall–Kier alpha value is -4.36. The van der Waals surface area contributed by atoms with E-state index in [0.717, 1.165) is 16.9 Å². The number of aliphatic hydroxyl groups is 1. The summed E-state index contributed by atoms with van der Waals surface area (Å²) in [5.74, 6) is 0.468. The van der Waals surface area contributed by atoms with E-state index in [-0.39, 0.29) is 28.6 Å². The number of halogens is 2.